The van der Waals surface area contributed by atoms with Crippen molar-refractivity contribution >= 4 is 23.5 Å². The van der Waals surface area contributed by atoms with E-state index in [2.05, 4.69) is 5.10 Å². The van der Waals surface area contributed by atoms with E-state index in [0.717, 1.165) is 17.4 Å². The van der Waals surface area contributed by atoms with Crippen LogP contribution in [-0.2, 0) is 6.54 Å². The predicted molar refractivity (Wildman–Crippen MR) is 55.2 cm³/mol. The molecule has 2 rings (SSSR count). The van der Waals surface area contributed by atoms with E-state index in [1.807, 2.05) is 17.7 Å². The first-order chi connectivity index (χ1) is 6.72. The second kappa shape index (κ2) is 3.44. The summed E-state index contributed by atoms with van der Waals surface area (Å²) in [4.78, 5) is 0. The second-order valence-electron chi connectivity index (χ2n) is 3.15. The fraction of sp³-hybridized carbons (Fsp3) is 0.222. The van der Waals surface area contributed by atoms with Crippen LogP contribution in [0.25, 0.3) is 10.9 Å². The molecule has 0 saturated carbocycles. The number of hydrogen-bond donors (Lipinski definition) is 2. The van der Waals surface area contributed by atoms with E-state index in [-0.39, 0.29) is 0 Å². The fourth-order valence-corrected chi connectivity index (χ4v) is 1.52. The summed E-state index contributed by atoms with van der Waals surface area (Å²) in [7, 11) is -1.41. The minimum atomic E-state index is -1.41. The van der Waals surface area contributed by atoms with Gasteiger partial charge in [0.15, 0.2) is 0 Å². The van der Waals surface area contributed by atoms with Crippen molar-refractivity contribution in [2.75, 3.05) is 0 Å². The lowest BCUT2D eigenvalue weighted by Gasteiger charge is -2.00. The molecule has 2 N–H and O–H groups in total. The number of nitrogens with zero attached hydrogens (tertiary/aromatic N) is 2. The Labute approximate surface area is 81.9 Å². The zero-order chi connectivity index (χ0) is 10.1. The SMILES string of the molecule is CCn1ncc2cc(B(O)O)ccc21. The maximum atomic E-state index is 8.98. The van der Waals surface area contributed by atoms with E-state index >= 15 is 0 Å². The van der Waals surface area contributed by atoms with E-state index in [1.54, 1.807) is 18.3 Å². The van der Waals surface area contributed by atoms with Gasteiger partial charge in [-0.05, 0) is 18.5 Å². The minimum Gasteiger partial charge on any atom is -0.423 e. The number of aromatic nitrogens is 2. The number of aryl methyl sites for hydroxylation is 1. The molecule has 1 aromatic carbocycles. The molecular weight excluding hydrogens is 179 g/mol. The van der Waals surface area contributed by atoms with Crippen LogP contribution in [0.15, 0.2) is 24.4 Å². The minimum absolute atomic E-state index is 0.494. The van der Waals surface area contributed by atoms with Gasteiger partial charge in [0.25, 0.3) is 0 Å². The molecule has 5 heteroatoms. The lowest BCUT2D eigenvalue weighted by molar-refractivity contribution is 0.426. The average Bonchev–Trinajstić information content (AvgIpc) is 2.59. The molecule has 0 aliphatic heterocycles. The van der Waals surface area contributed by atoms with Crippen LogP contribution in [-0.4, -0.2) is 26.9 Å². The summed E-state index contributed by atoms with van der Waals surface area (Å²) in [6, 6.07) is 5.28. The van der Waals surface area contributed by atoms with E-state index < -0.39 is 7.12 Å². The molecule has 4 nitrogen and oxygen atoms in total. The Morgan fingerprint density at radius 2 is 2.21 bits per heavy atom. The summed E-state index contributed by atoms with van der Waals surface area (Å²) in [5, 5.41) is 23.0. The molecule has 0 fully saturated rings. The van der Waals surface area contributed by atoms with E-state index in [9.17, 15) is 0 Å². The predicted octanol–water partition coefficient (Wildman–Crippen LogP) is -0.264. The van der Waals surface area contributed by atoms with Crippen molar-refractivity contribution in [1.29, 1.82) is 0 Å². The maximum absolute atomic E-state index is 8.98. The van der Waals surface area contributed by atoms with Gasteiger partial charge in [0, 0.05) is 11.9 Å². The van der Waals surface area contributed by atoms with Crippen molar-refractivity contribution in [2.45, 2.75) is 13.5 Å². The second-order valence-corrected chi connectivity index (χ2v) is 3.15. The van der Waals surface area contributed by atoms with Crippen LogP contribution in [0.2, 0.25) is 0 Å². The Morgan fingerprint density at radius 1 is 1.43 bits per heavy atom. The Balaban J connectivity index is 2.57. The highest BCUT2D eigenvalue weighted by atomic mass is 16.4. The lowest BCUT2D eigenvalue weighted by atomic mass is 9.80. The first kappa shape index (κ1) is 9.24. The van der Waals surface area contributed by atoms with Crippen LogP contribution < -0.4 is 5.46 Å². The smallest absolute Gasteiger partial charge is 0.423 e. The molecule has 2 aromatic rings. The van der Waals surface area contributed by atoms with Crippen LogP contribution in [0.5, 0.6) is 0 Å². The van der Waals surface area contributed by atoms with Crippen molar-refractivity contribution in [3.63, 3.8) is 0 Å². The molecule has 0 unspecified atom stereocenters. The van der Waals surface area contributed by atoms with Gasteiger partial charge in [0.1, 0.15) is 0 Å². The Kier molecular flexibility index (Phi) is 2.27. The van der Waals surface area contributed by atoms with E-state index in [1.165, 1.54) is 0 Å². The molecular formula is C9H11BN2O2. The highest BCUT2D eigenvalue weighted by Gasteiger charge is 2.11. The van der Waals surface area contributed by atoms with Crippen LogP contribution in [0.4, 0.5) is 0 Å². The molecule has 0 saturated heterocycles. The molecule has 0 spiro atoms. The summed E-state index contributed by atoms with van der Waals surface area (Å²) in [6.45, 7) is 2.83. The van der Waals surface area contributed by atoms with Crippen LogP contribution in [0, 0.1) is 0 Å². The monoisotopic (exact) mass is 190 g/mol. The van der Waals surface area contributed by atoms with E-state index in [0.29, 0.717) is 5.46 Å². The fourth-order valence-electron chi connectivity index (χ4n) is 1.52. The average molecular weight is 190 g/mol. The van der Waals surface area contributed by atoms with Gasteiger partial charge < -0.3 is 10.0 Å². The Morgan fingerprint density at radius 3 is 2.86 bits per heavy atom. The first-order valence-electron chi connectivity index (χ1n) is 4.54. The zero-order valence-electron chi connectivity index (χ0n) is 7.88. The number of rotatable bonds is 2. The molecule has 0 radical (unpaired) electrons. The quantitative estimate of drug-likeness (QED) is 0.641. The van der Waals surface area contributed by atoms with Gasteiger partial charge in [-0.3, -0.25) is 4.68 Å². The van der Waals surface area contributed by atoms with Crippen molar-refractivity contribution in [1.82, 2.24) is 9.78 Å². The zero-order valence-corrected chi connectivity index (χ0v) is 7.88. The van der Waals surface area contributed by atoms with Gasteiger partial charge in [-0.1, -0.05) is 12.1 Å². The van der Waals surface area contributed by atoms with Gasteiger partial charge in [-0.2, -0.15) is 5.10 Å². The third-order valence-electron chi connectivity index (χ3n) is 2.26. The van der Waals surface area contributed by atoms with Crippen molar-refractivity contribution in [3.05, 3.63) is 24.4 Å². The van der Waals surface area contributed by atoms with Crippen molar-refractivity contribution < 1.29 is 10.0 Å². The Hall–Kier alpha value is -1.33. The van der Waals surface area contributed by atoms with Crippen LogP contribution >= 0.6 is 0 Å². The topological polar surface area (TPSA) is 58.3 Å². The van der Waals surface area contributed by atoms with Crippen LogP contribution in [0.3, 0.4) is 0 Å². The molecule has 0 aliphatic carbocycles. The number of hydrogen-bond acceptors (Lipinski definition) is 3. The largest absolute Gasteiger partial charge is 0.488 e. The summed E-state index contributed by atoms with van der Waals surface area (Å²) in [5.41, 5.74) is 1.50. The third-order valence-corrected chi connectivity index (χ3v) is 2.26. The molecule has 0 atom stereocenters. The summed E-state index contributed by atoms with van der Waals surface area (Å²) in [5.74, 6) is 0. The maximum Gasteiger partial charge on any atom is 0.488 e. The highest BCUT2D eigenvalue weighted by molar-refractivity contribution is 6.58. The molecule has 1 aromatic heterocycles. The normalized spacial score (nSPS) is 10.8. The van der Waals surface area contributed by atoms with Gasteiger partial charge in [0.05, 0.1) is 11.7 Å². The first-order valence-corrected chi connectivity index (χ1v) is 4.54. The van der Waals surface area contributed by atoms with Crippen molar-refractivity contribution in [2.24, 2.45) is 0 Å². The highest BCUT2D eigenvalue weighted by Crippen LogP contribution is 2.11. The van der Waals surface area contributed by atoms with Gasteiger partial charge in [-0.25, -0.2) is 0 Å². The lowest BCUT2D eigenvalue weighted by Crippen LogP contribution is -2.29. The Bertz CT molecular complexity index is 453. The summed E-state index contributed by atoms with van der Waals surface area (Å²) < 4.78 is 1.86. The third kappa shape index (κ3) is 1.40. The molecule has 0 amide bonds. The van der Waals surface area contributed by atoms with Gasteiger partial charge >= 0.3 is 7.12 Å². The van der Waals surface area contributed by atoms with Gasteiger partial charge in [-0.15, -0.1) is 0 Å². The molecule has 14 heavy (non-hydrogen) atoms. The number of benzene rings is 1. The standard InChI is InChI=1S/C9H11BN2O2/c1-2-12-9-4-3-8(10(13)14)5-7(9)6-11-12/h3-6,13-14H,2H2,1H3. The van der Waals surface area contributed by atoms with Crippen LogP contribution in [0.1, 0.15) is 6.92 Å². The van der Waals surface area contributed by atoms with Gasteiger partial charge in [0.2, 0.25) is 0 Å². The number of fused-ring (bicyclic) bond motifs is 1. The molecule has 1 heterocycles. The molecule has 72 valence electrons. The molecule has 0 aliphatic rings. The van der Waals surface area contributed by atoms with E-state index in [4.69, 9.17) is 10.0 Å². The van der Waals surface area contributed by atoms with Crippen molar-refractivity contribution in [3.8, 4) is 0 Å². The molecule has 0 bridgehead atoms. The summed E-state index contributed by atoms with van der Waals surface area (Å²) in [6.07, 6.45) is 1.73. The summed E-state index contributed by atoms with van der Waals surface area (Å²) >= 11 is 0.